The minimum absolute atomic E-state index is 0.310. The molecule has 0 aromatic rings. The number of hydrogen-bond acceptors (Lipinski definition) is 2. The lowest BCUT2D eigenvalue weighted by molar-refractivity contribution is -0.124. The van der Waals surface area contributed by atoms with Gasteiger partial charge < -0.3 is 4.74 Å². The molecule has 2 heteroatoms. The third-order valence-corrected chi connectivity index (χ3v) is 3.84. The van der Waals surface area contributed by atoms with E-state index in [9.17, 15) is 4.79 Å². The maximum absolute atomic E-state index is 11.5. The predicted molar refractivity (Wildman–Crippen MR) is 55.1 cm³/mol. The lowest BCUT2D eigenvalue weighted by Crippen LogP contribution is -2.18. The van der Waals surface area contributed by atoms with Gasteiger partial charge in [-0.05, 0) is 43.9 Å². The smallest absolute Gasteiger partial charge is 0.158 e. The molecule has 2 aliphatic rings. The van der Waals surface area contributed by atoms with Gasteiger partial charge in [0.1, 0.15) is 6.61 Å². The molecular formula is C12H20O2. The molecule has 2 bridgehead atoms. The van der Waals surface area contributed by atoms with Gasteiger partial charge in [0, 0.05) is 13.0 Å². The molecule has 0 spiro atoms. The van der Waals surface area contributed by atoms with Gasteiger partial charge >= 0.3 is 0 Å². The Hall–Kier alpha value is -0.370. The fourth-order valence-electron chi connectivity index (χ4n) is 3.19. The zero-order valence-corrected chi connectivity index (χ0v) is 9.00. The lowest BCUT2D eigenvalue weighted by Gasteiger charge is -2.20. The van der Waals surface area contributed by atoms with Gasteiger partial charge in [0.05, 0.1) is 0 Å². The minimum atomic E-state index is 0.310. The second-order valence-corrected chi connectivity index (χ2v) is 4.81. The number of carbonyl (C=O) groups is 1. The highest BCUT2D eigenvalue weighted by atomic mass is 16.5. The average Bonchev–Trinajstić information content (AvgIpc) is 2.76. The summed E-state index contributed by atoms with van der Waals surface area (Å²) in [5, 5.41) is 0. The summed E-state index contributed by atoms with van der Waals surface area (Å²) in [4.78, 5) is 11.5. The van der Waals surface area contributed by atoms with Crippen LogP contribution in [0.15, 0.2) is 0 Å². The Morgan fingerprint density at radius 2 is 2.21 bits per heavy atom. The second-order valence-electron chi connectivity index (χ2n) is 4.81. The van der Waals surface area contributed by atoms with E-state index in [1.165, 1.54) is 25.7 Å². The highest BCUT2D eigenvalue weighted by Gasteiger charge is 2.39. The van der Waals surface area contributed by atoms with Crippen molar-refractivity contribution < 1.29 is 9.53 Å². The van der Waals surface area contributed by atoms with E-state index in [0.29, 0.717) is 24.9 Å². The van der Waals surface area contributed by atoms with Crippen LogP contribution >= 0.6 is 0 Å². The van der Waals surface area contributed by atoms with Gasteiger partial charge in [0.25, 0.3) is 0 Å². The zero-order chi connectivity index (χ0) is 9.97. The van der Waals surface area contributed by atoms with Crippen molar-refractivity contribution in [3.05, 3.63) is 0 Å². The second kappa shape index (κ2) is 4.43. The van der Waals surface area contributed by atoms with Crippen molar-refractivity contribution >= 4 is 5.78 Å². The van der Waals surface area contributed by atoms with Gasteiger partial charge in [0.15, 0.2) is 5.78 Å². The molecule has 0 saturated heterocycles. The summed E-state index contributed by atoms with van der Waals surface area (Å²) in [5.41, 5.74) is 0. The van der Waals surface area contributed by atoms with Crippen molar-refractivity contribution in [2.45, 2.75) is 39.0 Å². The first-order valence-corrected chi connectivity index (χ1v) is 5.89. The summed E-state index contributed by atoms with van der Waals surface area (Å²) in [6, 6.07) is 0. The van der Waals surface area contributed by atoms with E-state index in [4.69, 9.17) is 4.74 Å². The first kappa shape index (κ1) is 10.2. The molecule has 0 heterocycles. The standard InChI is InChI=1S/C12H20O2/c1-2-14-8-12(13)7-11-6-9-3-4-10(11)5-9/h9-11H,2-8H2,1H3. The normalized spacial score (nSPS) is 35.1. The lowest BCUT2D eigenvalue weighted by atomic mass is 9.85. The molecule has 14 heavy (non-hydrogen) atoms. The molecule has 2 nitrogen and oxygen atoms in total. The van der Waals surface area contributed by atoms with Crippen LogP contribution in [0.25, 0.3) is 0 Å². The van der Waals surface area contributed by atoms with Crippen molar-refractivity contribution in [2.75, 3.05) is 13.2 Å². The summed E-state index contributed by atoms with van der Waals surface area (Å²) >= 11 is 0. The number of rotatable bonds is 5. The van der Waals surface area contributed by atoms with Gasteiger partial charge in [-0.15, -0.1) is 0 Å². The van der Waals surface area contributed by atoms with E-state index >= 15 is 0 Å². The molecule has 0 radical (unpaired) electrons. The van der Waals surface area contributed by atoms with Crippen LogP contribution in [0.4, 0.5) is 0 Å². The van der Waals surface area contributed by atoms with Crippen LogP contribution in [0.5, 0.6) is 0 Å². The number of fused-ring (bicyclic) bond motifs is 2. The van der Waals surface area contributed by atoms with E-state index < -0.39 is 0 Å². The molecule has 3 unspecified atom stereocenters. The quantitative estimate of drug-likeness (QED) is 0.675. The highest BCUT2D eigenvalue weighted by molar-refractivity contribution is 5.79. The fourth-order valence-corrected chi connectivity index (χ4v) is 3.19. The van der Waals surface area contributed by atoms with E-state index in [-0.39, 0.29) is 0 Å². The molecular weight excluding hydrogens is 176 g/mol. The topological polar surface area (TPSA) is 26.3 Å². The Labute approximate surface area is 86.0 Å². The molecule has 2 saturated carbocycles. The van der Waals surface area contributed by atoms with Gasteiger partial charge in [0.2, 0.25) is 0 Å². The van der Waals surface area contributed by atoms with Crippen LogP contribution in [0.1, 0.15) is 39.0 Å². The number of hydrogen-bond donors (Lipinski definition) is 0. The summed E-state index contributed by atoms with van der Waals surface area (Å²) in [5.74, 6) is 2.82. The van der Waals surface area contributed by atoms with Crippen LogP contribution in [0.3, 0.4) is 0 Å². The molecule has 2 fully saturated rings. The summed E-state index contributed by atoms with van der Waals surface area (Å²) < 4.78 is 5.14. The number of ketones is 1. The average molecular weight is 196 g/mol. The maximum atomic E-state index is 11.5. The molecule has 0 aromatic carbocycles. The van der Waals surface area contributed by atoms with Crippen LogP contribution < -0.4 is 0 Å². The van der Waals surface area contributed by atoms with E-state index in [1.54, 1.807) is 0 Å². The monoisotopic (exact) mass is 196 g/mol. The number of carbonyl (C=O) groups excluding carboxylic acids is 1. The number of ether oxygens (including phenoxy) is 1. The zero-order valence-electron chi connectivity index (χ0n) is 9.00. The molecule has 0 amide bonds. The van der Waals surface area contributed by atoms with Gasteiger partial charge in [-0.2, -0.15) is 0 Å². The SMILES string of the molecule is CCOCC(=O)CC1CC2CCC1C2. The van der Waals surface area contributed by atoms with Crippen LogP contribution in [-0.2, 0) is 9.53 Å². The molecule has 0 N–H and O–H groups in total. The first-order valence-electron chi connectivity index (χ1n) is 5.89. The third-order valence-electron chi connectivity index (χ3n) is 3.84. The molecule has 3 atom stereocenters. The molecule has 0 aliphatic heterocycles. The van der Waals surface area contributed by atoms with Crippen LogP contribution in [0, 0.1) is 17.8 Å². The molecule has 80 valence electrons. The van der Waals surface area contributed by atoms with Gasteiger partial charge in [-0.1, -0.05) is 6.42 Å². The first-order chi connectivity index (χ1) is 6.79. The van der Waals surface area contributed by atoms with Crippen LogP contribution in [0.2, 0.25) is 0 Å². The fraction of sp³-hybridized carbons (Fsp3) is 0.917. The van der Waals surface area contributed by atoms with Crippen molar-refractivity contribution in [2.24, 2.45) is 17.8 Å². The molecule has 2 aliphatic carbocycles. The Morgan fingerprint density at radius 1 is 1.36 bits per heavy atom. The summed E-state index contributed by atoms with van der Waals surface area (Å²) in [7, 11) is 0. The van der Waals surface area contributed by atoms with E-state index in [1.807, 2.05) is 6.92 Å². The molecule has 0 aromatic heterocycles. The van der Waals surface area contributed by atoms with Crippen molar-refractivity contribution in [1.29, 1.82) is 0 Å². The van der Waals surface area contributed by atoms with Crippen molar-refractivity contribution in [3.8, 4) is 0 Å². The predicted octanol–water partition coefficient (Wildman–Crippen LogP) is 2.42. The van der Waals surface area contributed by atoms with Crippen molar-refractivity contribution in [1.82, 2.24) is 0 Å². The minimum Gasteiger partial charge on any atom is -0.374 e. The maximum Gasteiger partial charge on any atom is 0.158 e. The van der Waals surface area contributed by atoms with Gasteiger partial charge in [-0.3, -0.25) is 4.79 Å². The largest absolute Gasteiger partial charge is 0.374 e. The highest BCUT2D eigenvalue weighted by Crippen LogP contribution is 2.49. The Balaban J connectivity index is 1.73. The van der Waals surface area contributed by atoms with E-state index in [2.05, 4.69) is 0 Å². The Bertz CT molecular complexity index is 212. The van der Waals surface area contributed by atoms with E-state index in [0.717, 1.165) is 18.3 Å². The number of Topliss-reactive ketones (excluding diaryl/α,β-unsaturated/α-hetero) is 1. The van der Waals surface area contributed by atoms with Gasteiger partial charge in [-0.25, -0.2) is 0 Å². The summed E-state index contributed by atoms with van der Waals surface area (Å²) in [6.45, 7) is 2.93. The van der Waals surface area contributed by atoms with Crippen LogP contribution in [-0.4, -0.2) is 19.0 Å². The Morgan fingerprint density at radius 3 is 2.79 bits per heavy atom. The third kappa shape index (κ3) is 2.17. The molecule has 2 rings (SSSR count). The summed E-state index contributed by atoms with van der Waals surface area (Å²) in [6.07, 6.45) is 6.27. The van der Waals surface area contributed by atoms with Crippen molar-refractivity contribution in [3.63, 3.8) is 0 Å². The Kier molecular flexibility index (Phi) is 3.22.